The summed E-state index contributed by atoms with van der Waals surface area (Å²) >= 11 is 0. The molecule has 1 aromatic heterocycles. The standard InChI is InChI=1S/C7H12N2O2S/c1-12(10,11)5-6(8)7-3-2-4-9-7/h2-4,6,9H,5,8H2,1H3/t6-/m1/s1. The Balaban J connectivity index is 2.68. The molecule has 0 aliphatic carbocycles. The van der Waals surface area contributed by atoms with E-state index in [4.69, 9.17) is 5.73 Å². The first-order chi connectivity index (χ1) is 5.49. The molecule has 5 heteroatoms. The maximum atomic E-state index is 10.8. The van der Waals surface area contributed by atoms with Gasteiger partial charge in [-0.15, -0.1) is 0 Å². The molecule has 0 saturated carbocycles. The van der Waals surface area contributed by atoms with Crippen molar-refractivity contribution in [2.75, 3.05) is 12.0 Å². The van der Waals surface area contributed by atoms with Gasteiger partial charge in [0.1, 0.15) is 9.84 Å². The van der Waals surface area contributed by atoms with E-state index in [0.717, 1.165) is 5.69 Å². The molecule has 0 aromatic carbocycles. The second-order valence-corrected chi connectivity index (χ2v) is 5.01. The van der Waals surface area contributed by atoms with Gasteiger partial charge in [0.15, 0.2) is 0 Å². The fraction of sp³-hybridized carbons (Fsp3) is 0.429. The number of hydrogen-bond acceptors (Lipinski definition) is 3. The Kier molecular flexibility index (Phi) is 2.54. The largest absolute Gasteiger partial charge is 0.364 e. The van der Waals surface area contributed by atoms with Gasteiger partial charge < -0.3 is 10.7 Å². The van der Waals surface area contributed by atoms with Gasteiger partial charge in [-0.1, -0.05) is 0 Å². The summed E-state index contributed by atoms with van der Waals surface area (Å²) < 4.78 is 21.7. The minimum Gasteiger partial charge on any atom is -0.364 e. The molecule has 4 nitrogen and oxygen atoms in total. The lowest BCUT2D eigenvalue weighted by Crippen LogP contribution is -2.20. The molecule has 0 aliphatic heterocycles. The van der Waals surface area contributed by atoms with Gasteiger partial charge in [-0.3, -0.25) is 0 Å². The number of nitrogens with one attached hydrogen (secondary N) is 1. The number of H-pyrrole nitrogens is 1. The first-order valence-corrected chi connectivity index (χ1v) is 5.62. The molecule has 0 aliphatic rings. The van der Waals surface area contributed by atoms with Gasteiger partial charge in [-0.25, -0.2) is 8.42 Å². The molecular weight excluding hydrogens is 176 g/mol. The summed E-state index contributed by atoms with van der Waals surface area (Å²) in [5, 5.41) is 0. The summed E-state index contributed by atoms with van der Waals surface area (Å²) in [6.45, 7) is 0. The minimum atomic E-state index is -2.99. The van der Waals surface area contributed by atoms with Gasteiger partial charge in [-0.05, 0) is 12.1 Å². The molecule has 0 saturated heterocycles. The summed E-state index contributed by atoms with van der Waals surface area (Å²) in [6.07, 6.45) is 2.90. The normalized spacial score (nSPS) is 14.5. The van der Waals surface area contributed by atoms with Crippen LogP contribution < -0.4 is 5.73 Å². The lowest BCUT2D eigenvalue weighted by Gasteiger charge is -2.07. The molecule has 0 unspecified atom stereocenters. The van der Waals surface area contributed by atoms with Crippen LogP contribution in [0.15, 0.2) is 18.3 Å². The Morgan fingerprint density at radius 2 is 2.33 bits per heavy atom. The van der Waals surface area contributed by atoms with Gasteiger partial charge >= 0.3 is 0 Å². The van der Waals surface area contributed by atoms with Crippen LogP contribution in [0.25, 0.3) is 0 Å². The van der Waals surface area contributed by atoms with E-state index in [1.54, 1.807) is 18.3 Å². The Morgan fingerprint density at radius 3 is 2.75 bits per heavy atom. The second-order valence-electron chi connectivity index (χ2n) is 2.82. The Hall–Kier alpha value is -0.810. The van der Waals surface area contributed by atoms with Crippen molar-refractivity contribution in [3.8, 4) is 0 Å². The van der Waals surface area contributed by atoms with Gasteiger partial charge in [0.2, 0.25) is 0 Å². The number of sulfone groups is 1. The van der Waals surface area contributed by atoms with Crippen molar-refractivity contribution in [1.29, 1.82) is 0 Å². The number of aromatic amines is 1. The molecule has 0 fully saturated rings. The quantitative estimate of drug-likeness (QED) is 0.704. The second kappa shape index (κ2) is 3.28. The molecule has 12 heavy (non-hydrogen) atoms. The summed E-state index contributed by atoms with van der Waals surface area (Å²) in [5.74, 6) is -0.0203. The average Bonchev–Trinajstić information content (AvgIpc) is 2.32. The number of nitrogens with two attached hydrogens (primary N) is 1. The fourth-order valence-corrected chi connectivity index (χ4v) is 1.82. The Labute approximate surface area is 71.7 Å². The molecule has 1 aromatic rings. The predicted octanol–water partition coefficient (Wildman–Crippen LogP) is 0.0591. The molecule has 0 spiro atoms. The third kappa shape index (κ3) is 2.67. The zero-order chi connectivity index (χ0) is 9.19. The zero-order valence-electron chi connectivity index (χ0n) is 6.82. The highest BCUT2D eigenvalue weighted by Crippen LogP contribution is 2.08. The third-order valence-electron chi connectivity index (χ3n) is 1.50. The first kappa shape index (κ1) is 9.28. The van der Waals surface area contributed by atoms with Gasteiger partial charge in [0, 0.05) is 18.1 Å². The van der Waals surface area contributed by atoms with Crippen LogP contribution >= 0.6 is 0 Å². The minimum absolute atomic E-state index is 0.0203. The van der Waals surface area contributed by atoms with Crippen molar-refractivity contribution < 1.29 is 8.42 Å². The van der Waals surface area contributed by atoms with E-state index in [1.165, 1.54) is 6.26 Å². The van der Waals surface area contributed by atoms with Crippen LogP contribution in [0.1, 0.15) is 11.7 Å². The molecule has 0 amide bonds. The fourth-order valence-electron chi connectivity index (χ4n) is 0.991. The maximum absolute atomic E-state index is 10.8. The topological polar surface area (TPSA) is 75.9 Å². The van der Waals surface area contributed by atoms with E-state index in [2.05, 4.69) is 4.98 Å². The van der Waals surface area contributed by atoms with Crippen molar-refractivity contribution in [3.05, 3.63) is 24.0 Å². The molecule has 1 atom stereocenters. The van der Waals surface area contributed by atoms with Gasteiger partial charge in [0.25, 0.3) is 0 Å². The Morgan fingerprint density at radius 1 is 1.67 bits per heavy atom. The first-order valence-electron chi connectivity index (χ1n) is 3.55. The van der Waals surface area contributed by atoms with Crippen molar-refractivity contribution >= 4 is 9.84 Å². The van der Waals surface area contributed by atoms with E-state index in [-0.39, 0.29) is 5.75 Å². The van der Waals surface area contributed by atoms with Crippen molar-refractivity contribution in [3.63, 3.8) is 0 Å². The van der Waals surface area contributed by atoms with Crippen molar-refractivity contribution in [2.24, 2.45) is 5.73 Å². The molecule has 1 heterocycles. The molecular formula is C7H12N2O2S. The van der Waals surface area contributed by atoms with Crippen LogP contribution in [0.4, 0.5) is 0 Å². The summed E-state index contributed by atoms with van der Waals surface area (Å²) in [7, 11) is -2.99. The lowest BCUT2D eigenvalue weighted by molar-refractivity contribution is 0.593. The number of rotatable bonds is 3. The van der Waals surface area contributed by atoms with Crippen LogP contribution in [0.3, 0.4) is 0 Å². The maximum Gasteiger partial charge on any atom is 0.149 e. The van der Waals surface area contributed by atoms with E-state index in [0.29, 0.717) is 0 Å². The van der Waals surface area contributed by atoms with Crippen molar-refractivity contribution in [2.45, 2.75) is 6.04 Å². The smallest absolute Gasteiger partial charge is 0.149 e. The predicted molar refractivity (Wildman–Crippen MR) is 47.4 cm³/mol. The summed E-state index contributed by atoms with van der Waals surface area (Å²) in [6, 6.07) is 3.11. The highest BCUT2D eigenvalue weighted by atomic mass is 32.2. The number of hydrogen-bond donors (Lipinski definition) is 2. The van der Waals surface area contributed by atoms with Crippen LogP contribution in [-0.2, 0) is 9.84 Å². The SMILES string of the molecule is CS(=O)(=O)C[C@@H](N)c1ccc[nH]1. The highest BCUT2D eigenvalue weighted by molar-refractivity contribution is 7.90. The number of aromatic nitrogens is 1. The molecule has 68 valence electrons. The average molecular weight is 188 g/mol. The summed E-state index contributed by atoms with van der Waals surface area (Å²) in [5.41, 5.74) is 6.37. The van der Waals surface area contributed by atoms with Crippen LogP contribution in [0.5, 0.6) is 0 Å². The van der Waals surface area contributed by atoms with Crippen LogP contribution in [0.2, 0.25) is 0 Å². The van der Waals surface area contributed by atoms with E-state index < -0.39 is 15.9 Å². The molecule has 0 radical (unpaired) electrons. The van der Waals surface area contributed by atoms with Gasteiger partial charge in [-0.2, -0.15) is 0 Å². The van der Waals surface area contributed by atoms with Crippen LogP contribution in [-0.4, -0.2) is 25.4 Å². The van der Waals surface area contributed by atoms with Gasteiger partial charge in [0.05, 0.1) is 11.8 Å². The molecule has 0 bridgehead atoms. The summed E-state index contributed by atoms with van der Waals surface area (Å²) in [4.78, 5) is 2.87. The highest BCUT2D eigenvalue weighted by Gasteiger charge is 2.12. The third-order valence-corrected chi connectivity index (χ3v) is 2.47. The molecule has 3 N–H and O–H groups in total. The van der Waals surface area contributed by atoms with Crippen LogP contribution in [0, 0.1) is 0 Å². The van der Waals surface area contributed by atoms with Crippen molar-refractivity contribution in [1.82, 2.24) is 4.98 Å². The van der Waals surface area contributed by atoms with E-state index in [1.807, 2.05) is 0 Å². The van der Waals surface area contributed by atoms with E-state index in [9.17, 15) is 8.42 Å². The Bertz CT molecular complexity index is 328. The van der Waals surface area contributed by atoms with E-state index >= 15 is 0 Å². The zero-order valence-corrected chi connectivity index (χ0v) is 7.64. The molecule has 1 rings (SSSR count). The lowest BCUT2D eigenvalue weighted by atomic mass is 10.3. The monoisotopic (exact) mass is 188 g/mol.